The summed E-state index contributed by atoms with van der Waals surface area (Å²) in [5.74, 6) is -0.401. The van der Waals surface area contributed by atoms with Gasteiger partial charge in [-0.25, -0.2) is 8.42 Å². The Hall–Kier alpha value is -3.90. The maximum absolute atomic E-state index is 13.7. The number of hydrogen-bond acceptors (Lipinski definition) is 3. The number of amides is 1. The molecule has 0 aliphatic heterocycles. The molecule has 184 valence electrons. The Morgan fingerprint density at radius 2 is 1.33 bits per heavy atom. The van der Waals surface area contributed by atoms with E-state index in [2.05, 4.69) is 5.32 Å². The van der Waals surface area contributed by atoms with E-state index >= 15 is 0 Å². The maximum atomic E-state index is 13.7. The highest BCUT2D eigenvalue weighted by atomic mass is 32.2. The summed E-state index contributed by atoms with van der Waals surface area (Å²) < 4.78 is 28.5. The zero-order chi connectivity index (χ0) is 25.7. The lowest BCUT2D eigenvalue weighted by atomic mass is 9.98. The van der Waals surface area contributed by atoms with Crippen LogP contribution >= 0.6 is 0 Å². The summed E-state index contributed by atoms with van der Waals surface area (Å²) in [4.78, 5) is 13.6. The van der Waals surface area contributed by atoms with Crippen LogP contribution in [-0.4, -0.2) is 20.9 Å². The van der Waals surface area contributed by atoms with Crippen LogP contribution in [0.25, 0.3) is 0 Å². The molecule has 36 heavy (non-hydrogen) atoms. The van der Waals surface area contributed by atoms with Gasteiger partial charge in [-0.1, -0.05) is 84.4 Å². The van der Waals surface area contributed by atoms with Crippen LogP contribution in [0.15, 0.2) is 108 Å². The molecule has 0 bridgehead atoms. The molecule has 0 aromatic heterocycles. The fraction of sp³-hybridized carbons (Fsp3) is 0.167. The molecule has 0 saturated carbocycles. The molecule has 1 unspecified atom stereocenters. The summed E-state index contributed by atoms with van der Waals surface area (Å²) in [7, 11) is -3.98. The summed E-state index contributed by atoms with van der Waals surface area (Å²) in [6.07, 6.45) is 0. The third-order valence-corrected chi connectivity index (χ3v) is 8.03. The number of aryl methyl sites for hydroxylation is 3. The van der Waals surface area contributed by atoms with Crippen molar-refractivity contribution in [2.24, 2.45) is 0 Å². The molecule has 0 spiro atoms. The van der Waals surface area contributed by atoms with E-state index in [-0.39, 0.29) is 11.4 Å². The van der Waals surface area contributed by atoms with E-state index in [1.807, 2.05) is 81.4 Å². The summed E-state index contributed by atoms with van der Waals surface area (Å²) in [6.45, 7) is 5.55. The fourth-order valence-corrected chi connectivity index (χ4v) is 5.45. The van der Waals surface area contributed by atoms with Gasteiger partial charge in [0.1, 0.15) is 6.54 Å². The van der Waals surface area contributed by atoms with Crippen molar-refractivity contribution < 1.29 is 13.2 Å². The van der Waals surface area contributed by atoms with Crippen LogP contribution < -0.4 is 9.62 Å². The molecular weight excluding hydrogens is 468 g/mol. The zero-order valence-corrected chi connectivity index (χ0v) is 21.5. The van der Waals surface area contributed by atoms with Crippen LogP contribution in [-0.2, 0) is 14.8 Å². The van der Waals surface area contributed by atoms with Crippen molar-refractivity contribution >= 4 is 21.6 Å². The second kappa shape index (κ2) is 10.8. The largest absolute Gasteiger partial charge is 0.344 e. The van der Waals surface area contributed by atoms with Crippen LogP contribution in [0.2, 0.25) is 0 Å². The molecule has 4 aromatic rings. The molecule has 5 nitrogen and oxygen atoms in total. The third kappa shape index (κ3) is 5.66. The van der Waals surface area contributed by atoms with E-state index in [0.29, 0.717) is 5.69 Å². The number of carbonyl (C=O) groups is 1. The van der Waals surface area contributed by atoms with E-state index in [1.54, 1.807) is 42.5 Å². The summed E-state index contributed by atoms with van der Waals surface area (Å²) in [5.41, 5.74) is 5.39. The molecule has 0 heterocycles. The zero-order valence-electron chi connectivity index (χ0n) is 20.7. The second-order valence-corrected chi connectivity index (χ2v) is 10.8. The molecule has 1 amide bonds. The highest BCUT2D eigenvalue weighted by molar-refractivity contribution is 7.92. The number of nitrogens with one attached hydrogen (secondary N) is 1. The van der Waals surface area contributed by atoms with Gasteiger partial charge in [0.25, 0.3) is 10.0 Å². The Kier molecular flexibility index (Phi) is 7.55. The average Bonchev–Trinajstić information content (AvgIpc) is 2.89. The third-order valence-electron chi connectivity index (χ3n) is 6.25. The maximum Gasteiger partial charge on any atom is 0.264 e. The topological polar surface area (TPSA) is 66.5 Å². The Morgan fingerprint density at radius 1 is 0.750 bits per heavy atom. The second-order valence-electron chi connectivity index (χ2n) is 8.92. The van der Waals surface area contributed by atoms with E-state index in [9.17, 15) is 13.2 Å². The normalized spacial score (nSPS) is 12.1. The van der Waals surface area contributed by atoms with E-state index in [4.69, 9.17) is 0 Å². The molecule has 1 N–H and O–H groups in total. The minimum atomic E-state index is -3.98. The minimum absolute atomic E-state index is 0.133. The van der Waals surface area contributed by atoms with Crippen LogP contribution in [0.1, 0.15) is 33.9 Å². The fourth-order valence-electron chi connectivity index (χ4n) is 4.02. The molecular formula is C30H30N2O3S. The van der Waals surface area contributed by atoms with Crippen molar-refractivity contribution in [3.63, 3.8) is 0 Å². The van der Waals surface area contributed by atoms with Gasteiger partial charge in [-0.2, -0.15) is 0 Å². The molecule has 1 atom stereocenters. The van der Waals surface area contributed by atoms with Crippen molar-refractivity contribution in [2.45, 2.75) is 31.7 Å². The Morgan fingerprint density at radius 3 is 1.94 bits per heavy atom. The van der Waals surface area contributed by atoms with Crippen molar-refractivity contribution in [1.82, 2.24) is 5.32 Å². The molecule has 0 radical (unpaired) electrons. The molecule has 4 aromatic carbocycles. The summed E-state index contributed by atoms with van der Waals surface area (Å²) >= 11 is 0. The lowest BCUT2D eigenvalue weighted by Gasteiger charge is -2.26. The van der Waals surface area contributed by atoms with Gasteiger partial charge in [-0.15, -0.1) is 0 Å². The first kappa shape index (κ1) is 25.2. The van der Waals surface area contributed by atoms with Crippen molar-refractivity contribution in [3.05, 3.63) is 131 Å². The smallest absolute Gasteiger partial charge is 0.264 e. The number of benzene rings is 4. The average molecular weight is 499 g/mol. The first-order chi connectivity index (χ1) is 17.3. The van der Waals surface area contributed by atoms with Gasteiger partial charge in [-0.05, 0) is 67.3 Å². The van der Waals surface area contributed by atoms with Crippen molar-refractivity contribution in [2.75, 3.05) is 10.8 Å². The number of carbonyl (C=O) groups excluding carboxylic acids is 1. The van der Waals surface area contributed by atoms with Crippen LogP contribution in [0.4, 0.5) is 5.69 Å². The number of nitrogens with zero attached hydrogens (tertiary/aromatic N) is 1. The number of anilines is 1. The molecule has 0 fully saturated rings. The van der Waals surface area contributed by atoms with Gasteiger partial charge in [0.15, 0.2) is 0 Å². The highest BCUT2D eigenvalue weighted by Crippen LogP contribution is 2.27. The molecule has 6 heteroatoms. The Labute approximate surface area is 213 Å². The van der Waals surface area contributed by atoms with Gasteiger partial charge in [0.05, 0.1) is 16.6 Å². The van der Waals surface area contributed by atoms with Crippen LogP contribution in [0.5, 0.6) is 0 Å². The quantitative estimate of drug-likeness (QED) is 0.338. The molecule has 0 saturated heterocycles. The molecule has 0 aliphatic carbocycles. The molecule has 0 aliphatic rings. The number of sulfonamides is 1. The lowest BCUT2D eigenvalue weighted by Crippen LogP contribution is -2.42. The highest BCUT2D eigenvalue weighted by Gasteiger charge is 2.28. The van der Waals surface area contributed by atoms with E-state index < -0.39 is 22.0 Å². The number of hydrogen-bond donors (Lipinski definition) is 1. The van der Waals surface area contributed by atoms with Crippen LogP contribution in [0, 0.1) is 20.8 Å². The monoisotopic (exact) mass is 498 g/mol. The van der Waals surface area contributed by atoms with E-state index in [0.717, 1.165) is 27.8 Å². The summed E-state index contributed by atoms with van der Waals surface area (Å²) in [5, 5.41) is 3.07. The lowest BCUT2D eigenvalue weighted by molar-refractivity contribution is -0.120. The van der Waals surface area contributed by atoms with Gasteiger partial charge >= 0.3 is 0 Å². The van der Waals surface area contributed by atoms with Crippen molar-refractivity contribution in [1.29, 1.82) is 0 Å². The predicted molar refractivity (Wildman–Crippen MR) is 144 cm³/mol. The SMILES string of the molecule is Cc1ccc(C(NC(=O)CN(c2ccc(C)c(C)c2)S(=O)(=O)c2ccccc2)c2ccccc2)cc1. The Bertz CT molecular complexity index is 1440. The van der Waals surface area contributed by atoms with Gasteiger partial charge in [-0.3, -0.25) is 9.10 Å². The predicted octanol–water partition coefficient (Wildman–Crippen LogP) is 5.71. The minimum Gasteiger partial charge on any atom is -0.344 e. The van der Waals surface area contributed by atoms with Gasteiger partial charge in [0, 0.05) is 0 Å². The molecule has 4 rings (SSSR count). The first-order valence-electron chi connectivity index (χ1n) is 11.8. The Balaban J connectivity index is 1.69. The van der Waals surface area contributed by atoms with Crippen molar-refractivity contribution in [3.8, 4) is 0 Å². The van der Waals surface area contributed by atoms with Gasteiger partial charge < -0.3 is 5.32 Å². The first-order valence-corrected chi connectivity index (χ1v) is 13.3. The number of rotatable bonds is 8. The van der Waals surface area contributed by atoms with E-state index in [1.165, 1.54) is 4.31 Å². The van der Waals surface area contributed by atoms with Gasteiger partial charge in [0.2, 0.25) is 5.91 Å². The standard InChI is InChI=1S/C30H30N2O3S/c1-22-14-17-26(18-15-22)30(25-10-6-4-7-11-25)31-29(33)21-32(27-19-16-23(2)24(3)20-27)36(34,35)28-12-8-5-9-13-28/h4-20,30H,21H2,1-3H3,(H,31,33). The summed E-state index contributed by atoms with van der Waals surface area (Å²) in [6, 6.07) is 30.8. The van der Waals surface area contributed by atoms with Crippen LogP contribution in [0.3, 0.4) is 0 Å².